The van der Waals surface area contributed by atoms with Gasteiger partial charge in [0, 0.05) is 18.2 Å². The van der Waals surface area contributed by atoms with Crippen LogP contribution in [0.5, 0.6) is 0 Å². The molecule has 0 bridgehead atoms. The third-order valence-electron chi connectivity index (χ3n) is 3.21. The molecule has 2 rings (SSSR count). The van der Waals surface area contributed by atoms with E-state index >= 15 is 0 Å². The van der Waals surface area contributed by atoms with Crippen molar-refractivity contribution in [1.29, 1.82) is 0 Å². The monoisotopic (exact) mass is 333 g/mol. The van der Waals surface area contributed by atoms with E-state index in [4.69, 9.17) is 5.11 Å². The minimum Gasteiger partial charge on any atom is -0.480 e. The first-order valence-electron chi connectivity index (χ1n) is 6.99. The molecule has 1 N–H and O–H groups in total. The molecule has 126 valence electrons. The van der Waals surface area contributed by atoms with Gasteiger partial charge >= 0.3 is 5.97 Å². The third-order valence-corrected chi connectivity index (χ3v) is 3.21. The SMILES string of the molecule is CC(C)N(CC(=O)O)C(=O)c1cn(-c2cccc([N+](=O)[O-])c2)nn1. The van der Waals surface area contributed by atoms with E-state index in [1.807, 2.05) is 0 Å². The lowest BCUT2D eigenvalue weighted by molar-refractivity contribution is -0.384. The number of hydrogen-bond acceptors (Lipinski definition) is 6. The smallest absolute Gasteiger partial charge is 0.323 e. The molecule has 1 heterocycles. The summed E-state index contributed by atoms with van der Waals surface area (Å²) in [7, 11) is 0. The van der Waals surface area contributed by atoms with E-state index in [-0.39, 0.29) is 17.4 Å². The van der Waals surface area contributed by atoms with Gasteiger partial charge in [-0.05, 0) is 19.9 Å². The maximum absolute atomic E-state index is 12.4. The van der Waals surface area contributed by atoms with Gasteiger partial charge in [0.15, 0.2) is 5.69 Å². The Hall–Kier alpha value is -3.30. The maximum atomic E-state index is 12.4. The Morgan fingerprint density at radius 2 is 2.12 bits per heavy atom. The number of nitro groups is 1. The predicted molar refractivity (Wildman–Crippen MR) is 81.8 cm³/mol. The van der Waals surface area contributed by atoms with Crippen LogP contribution >= 0.6 is 0 Å². The molecule has 0 saturated carbocycles. The first-order valence-corrected chi connectivity index (χ1v) is 6.99. The quantitative estimate of drug-likeness (QED) is 0.618. The molecule has 10 heteroatoms. The molecule has 0 aliphatic rings. The second-order valence-corrected chi connectivity index (χ2v) is 5.25. The number of carbonyl (C=O) groups is 2. The first-order chi connectivity index (χ1) is 11.3. The van der Waals surface area contributed by atoms with E-state index in [9.17, 15) is 19.7 Å². The number of aromatic nitrogens is 3. The Morgan fingerprint density at radius 3 is 2.71 bits per heavy atom. The van der Waals surface area contributed by atoms with Gasteiger partial charge in [0.25, 0.3) is 11.6 Å². The summed E-state index contributed by atoms with van der Waals surface area (Å²) in [4.78, 5) is 34.7. The van der Waals surface area contributed by atoms with Crippen LogP contribution in [0.4, 0.5) is 5.69 Å². The molecule has 0 saturated heterocycles. The summed E-state index contributed by atoms with van der Waals surface area (Å²) >= 11 is 0. The predicted octanol–water partition coefficient (Wildman–Crippen LogP) is 1.11. The minimum absolute atomic E-state index is 0.0449. The van der Waals surface area contributed by atoms with Crippen molar-refractivity contribution in [3.8, 4) is 5.69 Å². The maximum Gasteiger partial charge on any atom is 0.323 e. The molecule has 1 aromatic heterocycles. The van der Waals surface area contributed by atoms with Gasteiger partial charge in [0.1, 0.15) is 6.54 Å². The first kappa shape index (κ1) is 17.1. The van der Waals surface area contributed by atoms with Gasteiger partial charge in [-0.1, -0.05) is 11.3 Å². The van der Waals surface area contributed by atoms with Crippen LogP contribution in [0.1, 0.15) is 24.3 Å². The molecule has 2 aromatic rings. The van der Waals surface area contributed by atoms with Crippen LogP contribution in [0, 0.1) is 10.1 Å². The van der Waals surface area contributed by atoms with Gasteiger partial charge in [0.05, 0.1) is 16.8 Å². The van der Waals surface area contributed by atoms with E-state index < -0.39 is 23.3 Å². The van der Waals surface area contributed by atoms with Crippen LogP contribution in [0.2, 0.25) is 0 Å². The average Bonchev–Trinajstić information content (AvgIpc) is 3.01. The van der Waals surface area contributed by atoms with Crippen LogP contribution in [0.3, 0.4) is 0 Å². The van der Waals surface area contributed by atoms with E-state index in [1.165, 1.54) is 29.1 Å². The molecule has 1 amide bonds. The van der Waals surface area contributed by atoms with Gasteiger partial charge in [0.2, 0.25) is 0 Å². The lowest BCUT2D eigenvalue weighted by atomic mass is 10.2. The highest BCUT2D eigenvalue weighted by molar-refractivity contribution is 5.94. The van der Waals surface area contributed by atoms with Crippen molar-refractivity contribution in [1.82, 2.24) is 19.9 Å². The third kappa shape index (κ3) is 3.72. The van der Waals surface area contributed by atoms with E-state index in [0.717, 1.165) is 4.90 Å². The Morgan fingerprint density at radius 1 is 1.42 bits per heavy atom. The largest absolute Gasteiger partial charge is 0.480 e. The second kappa shape index (κ2) is 6.86. The number of benzene rings is 1. The molecule has 0 aliphatic heterocycles. The van der Waals surface area contributed by atoms with Gasteiger partial charge in [-0.15, -0.1) is 5.10 Å². The Bertz CT molecular complexity index is 785. The molecule has 10 nitrogen and oxygen atoms in total. The van der Waals surface area contributed by atoms with Crippen LogP contribution in [-0.4, -0.2) is 54.4 Å². The number of aliphatic carboxylic acids is 1. The molecule has 0 unspecified atom stereocenters. The average molecular weight is 333 g/mol. The summed E-state index contributed by atoms with van der Waals surface area (Å²) in [6, 6.07) is 5.35. The van der Waals surface area contributed by atoms with Crippen molar-refractivity contribution in [3.63, 3.8) is 0 Å². The zero-order valence-electron chi connectivity index (χ0n) is 13.0. The molecular weight excluding hydrogens is 318 g/mol. The summed E-state index contributed by atoms with van der Waals surface area (Å²) in [5.74, 6) is -1.72. The molecule has 0 atom stereocenters. The number of carboxylic acids is 1. The van der Waals surface area contributed by atoms with Crippen molar-refractivity contribution < 1.29 is 19.6 Å². The van der Waals surface area contributed by atoms with Gasteiger partial charge in [-0.25, -0.2) is 4.68 Å². The number of nitro benzene ring substituents is 1. The Labute approximate surface area is 136 Å². The fourth-order valence-electron chi connectivity index (χ4n) is 2.02. The number of hydrogen-bond donors (Lipinski definition) is 1. The normalized spacial score (nSPS) is 10.6. The standard InChI is InChI=1S/C14H15N5O5/c1-9(2)17(8-13(20)21)14(22)12-7-18(16-15-12)10-4-3-5-11(6-10)19(23)24/h3-7,9H,8H2,1-2H3,(H,20,21). The summed E-state index contributed by atoms with van der Waals surface area (Å²) in [5, 5.41) is 27.2. The van der Waals surface area contributed by atoms with Crippen LogP contribution in [-0.2, 0) is 4.79 Å². The Balaban J connectivity index is 2.29. The van der Waals surface area contributed by atoms with Crippen molar-refractivity contribution >= 4 is 17.6 Å². The highest BCUT2D eigenvalue weighted by Crippen LogP contribution is 2.16. The molecule has 0 radical (unpaired) electrons. The number of non-ortho nitro benzene ring substituents is 1. The van der Waals surface area contributed by atoms with Gasteiger partial charge < -0.3 is 10.0 Å². The summed E-state index contributed by atoms with van der Waals surface area (Å²) in [5.41, 5.74) is 0.201. The fraction of sp³-hybridized carbons (Fsp3) is 0.286. The molecule has 1 aromatic carbocycles. The second-order valence-electron chi connectivity index (χ2n) is 5.25. The zero-order chi connectivity index (χ0) is 17.9. The van der Waals surface area contributed by atoms with Crippen molar-refractivity contribution in [2.24, 2.45) is 0 Å². The van der Waals surface area contributed by atoms with Crippen molar-refractivity contribution in [3.05, 3.63) is 46.3 Å². The van der Waals surface area contributed by atoms with Crippen LogP contribution in [0.25, 0.3) is 5.69 Å². The highest BCUT2D eigenvalue weighted by atomic mass is 16.6. The molecule has 0 aliphatic carbocycles. The lowest BCUT2D eigenvalue weighted by Crippen LogP contribution is -2.40. The van der Waals surface area contributed by atoms with E-state index in [0.29, 0.717) is 5.69 Å². The topological polar surface area (TPSA) is 131 Å². The molecule has 0 fully saturated rings. The van der Waals surface area contributed by atoms with Crippen LogP contribution in [0.15, 0.2) is 30.5 Å². The molecular formula is C14H15N5O5. The lowest BCUT2D eigenvalue weighted by Gasteiger charge is -2.23. The number of rotatable bonds is 6. The molecule has 24 heavy (non-hydrogen) atoms. The number of carbonyl (C=O) groups excluding carboxylic acids is 1. The van der Waals surface area contributed by atoms with E-state index in [1.54, 1.807) is 19.9 Å². The van der Waals surface area contributed by atoms with Crippen molar-refractivity contribution in [2.75, 3.05) is 6.54 Å². The summed E-state index contributed by atoms with van der Waals surface area (Å²) in [6.45, 7) is 2.91. The van der Waals surface area contributed by atoms with Gasteiger partial charge in [-0.2, -0.15) is 0 Å². The number of nitrogens with zero attached hydrogens (tertiary/aromatic N) is 5. The van der Waals surface area contributed by atoms with Crippen LogP contribution < -0.4 is 0 Å². The molecule has 0 spiro atoms. The summed E-state index contributed by atoms with van der Waals surface area (Å²) in [6.07, 6.45) is 1.30. The highest BCUT2D eigenvalue weighted by Gasteiger charge is 2.24. The number of carboxylic acid groups (broad SMARTS) is 1. The van der Waals surface area contributed by atoms with E-state index in [2.05, 4.69) is 10.3 Å². The Kier molecular flexibility index (Phi) is 4.87. The van der Waals surface area contributed by atoms with Crippen molar-refractivity contribution in [2.45, 2.75) is 19.9 Å². The number of amides is 1. The zero-order valence-corrected chi connectivity index (χ0v) is 13.0. The fourth-order valence-corrected chi connectivity index (χ4v) is 2.02. The summed E-state index contributed by atoms with van der Waals surface area (Å²) < 4.78 is 1.22. The minimum atomic E-state index is -1.14. The van der Waals surface area contributed by atoms with Gasteiger partial charge in [-0.3, -0.25) is 19.7 Å².